The zero-order valence-electron chi connectivity index (χ0n) is 7.21. The summed E-state index contributed by atoms with van der Waals surface area (Å²) < 4.78 is 0. The lowest BCUT2D eigenvalue weighted by Gasteiger charge is -2.13. The van der Waals surface area contributed by atoms with E-state index in [0.717, 1.165) is 32.5 Å². The summed E-state index contributed by atoms with van der Waals surface area (Å²) in [7, 11) is 2.14. The monoisotopic (exact) mass is 158 g/mol. The van der Waals surface area contributed by atoms with Crippen LogP contribution in [0.25, 0.3) is 0 Å². The third-order valence-electron chi connectivity index (χ3n) is 2.26. The summed E-state index contributed by atoms with van der Waals surface area (Å²) in [6.07, 6.45) is 2.06. The minimum Gasteiger partial charge on any atom is -0.396 e. The lowest BCUT2D eigenvalue weighted by atomic mass is 10.1. The first-order valence-corrected chi connectivity index (χ1v) is 4.35. The molecule has 1 rings (SSSR count). The quantitative estimate of drug-likeness (QED) is 0.577. The summed E-state index contributed by atoms with van der Waals surface area (Å²) >= 11 is 0. The van der Waals surface area contributed by atoms with Crippen LogP contribution in [0.3, 0.4) is 0 Å². The molecular formula is C8H18N2O. The van der Waals surface area contributed by atoms with Crippen molar-refractivity contribution < 1.29 is 5.11 Å². The van der Waals surface area contributed by atoms with Gasteiger partial charge in [-0.3, -0.25) is 0 Å². The largest absolute Gasteiger partial charge is 0.396 e. The molecule has 0 radical (unpaired) electrons. The summed E-state index contributed by atoms with van der Waals surface area (Å²) in [6.45, 7) is 3.64. The smallest absolute Gasteiger partial charge is 0.0445 e. The molecule has 0 aromatic heterocycles. The first-order chi connectivity index (χ1) is 5.33. The number of likely N-dealkylation sites (N-methyl/N-ethyl adjacent to an activating group) is 1. The summed E-state index contributed by atoms with van der Waals surface area (Å²) in [5.74, 6) is 0. The Morgan fingerprint density at radius 3 is 3.09 bits per heavy atom. The van der Waals surface area contributed by atoms with Gasteiger partial charge in [0, 0.05) is 25.7 Å². The van der Waals surface area contributed by atoms with E-state index in [1.807, 2.05) is 0 Å². The van der Waals surface area contributed by atoms with Gasteiger partial charge in [-0.15, -0.1) is 0 Å². The fourth-order valence-electron chi connectivity index (χ4n) is 1.45. The van der Waals surface area contributed by atoms with E-state index in [4.69, 9.17) is 5.11 Å². The van der Waals surface area contributed by atoms with Gasteiger partial charge in [-0.05, 0) is 26.4 Å². The van der Waals surface area contributed by atoms with Crippen molar-refractivity contribution in [1.29, 1.82) is 0 Å². The highest BCUT2D eigenvalue weighted by atomic mass is 16.3. The molecule has 66 valence electrons. The van der Waals surface area contributed by atoms with E-state index in [1.165, 1.54) is 0 Å². The summed E-state index contributed by atoms with van der Waals surface area (Å²) in [5, 5.41) is 12.1. The Hall–Kier alpha value is -0.120. The van der Waals surface area contributed by atoms with E-state index in [2.05, 4.69) is 17.3 Å². The Bertz CT molecular complexity index is 108. The Labute approximate surface area is 68.4 Å². The van der Waals surface area contributed by atoms with E-state index in [9.17, 15) is 0 Å². The normalized spacial score (nSPS) is 28.4. The number of hydrogen-bond acceptors (Lipinski definition) is 3. The lowest BCUT2D eigenvalue weighted by Crippen LogP contribution is -2.30. The molecule has 0 spiro atoms. The molecule has 2 N–H and O–H groups in total. The van der Waals surface area contributed by atoms with Crippen LogP contribution in [0.4, 0.5) is 0 Å². The van der Waals surface area contributed by atoms with E-state index in [1.54, 1.807) is 0 Å². The number of nitrogens with one attached hydrogen (secondary N) is 1. The second-order valence-electron chi connectivity index (χ2n) is 3.26. The maximum absolute atomic E-state index is 8.72. The van der Waals surface area contributed by atoms with Crippen LogP contribution < -0.4 is 5.32 Å². The van der Waals surface area contributed by atoms with E-state index in [0.29, 0.717) is 12.6 Å². The van der Waals surface area contributed by atoms with Crippen LogP contribution in [0.1, 0.15) is 12.8 Å². The van der Waals surface area contributed by atoms with E-state index < -0.39 is 0 Å². The molecule has 1 unspecified atom stereocenters. The van der Waals surface area contributed by atoms with Crippen LogP contribution in [0.2, 0.25) is 0 Å². The molecule has 1 aliphatic rings. The van der Waals surface area contributed by atoms with Gasteiger partial charge in [0.2, 0.25) is 0 Å². The van der Waals surface area contributed by atoms with E-state index >= 15 is 0 Å². The van der Waals surface area contributed by atoms with Crippen molar-refractivity contribution in [3.05, 3.63) is 0 Å². The van der Waals surface area contributed by atoms with Gasteiger partial charge >= 0.3 is 0 Å². The van der Waals surface area contributed by atoms with Crippen LogP contribution in [0.15, 0.2) is 0 Å². The standard InChI is InChI=1S/C8H18N2O/c1-10-5-2-8(3-7-11)9-4-6-10/h8-9,11H,2-7H2,1H3. The SMILES string of the molecule is CN1CCNC(CCO)CC1. The molecule has 1 atom stereocenters. The fraction of sp³-hybridized carbons (Fsp3) is 1.00. The number of nitrogens with zero attached hydrogens (tertiary/aromatic N) is 1. The Morgan fingerprint density at radius 1 is 1.55 bits per heavy atom. The van der Waals surface area contributed by atoms with Gasteiger partial charge in [0.15, 0.2) is 0 Å². The highest BCUT2D eigenvalue weighted by molar-refractivity contribution is 4.72. The average molecular weight is 158 g/mol. The van der Waals surface area contributed by atoms with Gasteiger partial charge in [0.25, 0.3) is 0 Å². The molecule has 1 fully saturated rings. The van der Waals surface area contributed by atoms with Crippen LogP contribution in [0, 0.1) is 0 Å². The van der Waals surface area contributed by atoms with Gasteiger partial charge in [-0.1, -0.05) is 0 Å². The van der Waals surface area contributed by atoms with Crippen molar-refractivity contribution in [3.63, 3.8) is 0 Å². The molecule has 11 heavy (non-hydrogen) atoms. The van der Waals surface area contributed by atoms with Gasteiger partial charge in [0.1, 0.15) is 0 Å². The lowest BCUT2D eigenvalue weighted by molar-refractivity contribution is 0.262. The molecule has 0 aromatic carbocycles. The molecule has 1 saturated heterocycles. The first kappa shape index (κ1) is 8.97. The predicted octanol–water partition coefficient (Wildman–Crippen LogP) is -0.338. The first-order valence-electron chi connectivity index (χ1n) is 4.35. The molecule has 0 aliphatic carbocycles. The molecular weight excluding hydrogens is 140 g/mol. The predicted molar refractivity (Wildman–Crippen MR) is 45.6 cm³/mol. The van der Waals surface area contributed by atoms with Crippen molar-refractivity contribution in [3.8, 4) is 0 Å². The van der Waals surface area contributed by atoms with Crippen molar-refractivity contribution in [1.82, 2.24) is 10.2 Å². The highest BCUT2D eigenvalue weighted by Crippen LogP contribution is 2.02. The van der Waals surface area contributed by atoms with Gasteiger partial charge in [0.05, 0.1) is 0 Å². The van der Waals surface area contributed by atoms with Crippen molar-refractivity contribution >= 4 is 0 Å². The van der Waals surface area contributed by atoms with Crippen molar-refractivity contribution in [2.75, 3.05) is 33.3 Å². The molecule has 0 bridgehead atoms. The maximum atomic E-state index is 8.72. The van der Waals surface area contributed by atoms with Gasteiger partial charge in [-0.2, -0.15) is 0 Å². The van der Waals surface area contributed by atoms with Crippen LogP contribution in [-0.4, -0.2) is 49.3 Å². The molecule has 0 saturated carbocycles. The molecule has 0 aromatic rings. The third-order valence-corrected chi connectivity index (χ3v) is 2.26. The van der Waals surface area contributed by atoms with Gasteiger partial charge < -0.3 is 15.3 Å². The number of aliphatic hydroxyl groups excluding tert-OH is 1. The maximum Gasteiger partial charge on any atom is 0.0445 e. The van der Waals surface area contributed by atoms with Gasteiger partial charge in [-0.25, -0.2) is 0 Å². The van der Waals surface area contributed by atoms with Crippen molar-refractivity contribution in [2.24, 2.45) is 0 Å². The topological polar surface area (TPSA) is 35.5 Å². The van der Waals surface area contributed by atoms with E-state index in [-0.39, 0.29) is 0 Å². The zero-order chi connectivity index (χ0) is 8.10. The Balaban J connectivity index is 2.22. The second-order valence-corrected chi connectivity index (χ2v) is 3.26. The van der Waals surface area contributed by atoms with Crippen LogP contribution in [-0.2, 0) is 0 Å². The minimum absolute atomic E-state index is 0.307. The molecule has 3 heteroatoms. The Morgan fingerprint density at radius 2 is 2.36 bits per heavy atom. The second kappa shape index (κ2) is 4.70. The number of hydrogen-bond donors (Lipinski definition) is 2. The number of aliphatic hydroxyl groups is 1. The minimum atomic E-state index is 0.307. The summed E-state index contributed by atoms with van der Waals surface area (Å²) in [4.78, 5) is 2.32. The molecule has 1 aliphatic heterocycles. The third kappa shape index (κ3) is 3.18. The number of rotatable bonds is 2. The highest BCUT2D eigenvalue weighted by Gasteiger charge is 2.12. The zero-order valence-corrected chi connectivity index (χ0v) is 7.21. The fourth-order valence-corrected chi connectivity index (χ4v) is 1.45. The molecule has 1 heterocycles. The summed E-state index contributed by atoms with van der Waals surface area (Å²) in [6, 6.07) is 0.532. The molecule has 3 nitrogen and oxygen atoms in total. The average Bonchev–Trinajstić information content (AvgIpc) is 2.17. The van der Waals surface area contributed by atoms with Crippen LogP contribution in [0.5, 0.6) is 0 Å². The Kier molecular flexibility index (Phi) is 3.83. The molecule has 0 amide bonds. The van der Waals surface area contributed by atoms with Crippen LogP contribution >= 0.6 is 0 Å². The van der Waals surface area contributed by atoms with Crippen molar-refractivity contribution in [2.45, 2.75) is 18.9 Å². The summed E-state index contributed by atoms with van der Waals surface area (Å²) in [5.41, 5.74) is 0.